The van der Waals surface area contributed by atoms with E-state index in [0.717, 1.165) is 6.42 Å². The number of hydrogen-bond donors (Lipinski definition) is 1. The zero-order valence-corrected chi connectivity index (χ0v) is 14.3. The van der Waals surface area contributed by atoms with Crippen molar-refractivity contribution in [2.45, 2.75) is 18.2 Å². The molecule has 2 atom stereocenters. The van der Waals surface area contributed by atoms with Gasteiger partial charge in [-0.15, -0.1) is 0 Å². The molecule has 1 amide bonds. The summed E-state index contributed by atoms with van der Waals surface area (Å²) in [5, 5.41) is 0. The van der Waals surface area contributed by atoms with Crippen LogP contribution in [0, 0.1) is 11.8 Å². The Morgan fingerprint density at radius 2 is 1.78 bits per heavy atom. The fourth-order valence-corrected chi connectivity index (χ4v) is 4.07. The van der Waals surface area contributed by atoms with Gasteiger partial charge in [0.15, 0.2) is 0 Å². The molecule has 0 spiro atoms. The van der Waals surface area contributed by atoms with Crippen molar-refractivity contribution in [3.63, 3.8) is 0 Å². The average molecular weight is 337 g/mol. The molecule has 1 saturated carbocycles. The molecule has 0 radical (unpaired) electrons. The summed E-state index contributed by atoms with van der Waals surface area (Å²) in [6.07, 6.45) is 1.00. The highest BCUT2D eigenvalue weighted by Crippen LogP contribution is 2.39. The van der Waals surface area contributed by atoms with E-state index in [1.807, 2.05) is 21.9 Å². The van der Waals surface area contributed by atoms with E-state index in [2.05, 4.69) is 11.6 Å². The fraction of sp³-hybridized carbons (Fsp3) is 0.562. The van der Waals surface area contributed by atoms with Crippen molar-refractivity contribution in [2.75, 3.05) is 38.1 Å². The summed E-state index contributed by atoms with van der Waals surface area (Å²) in [6.45, 7) is 4.72. The summed E-state index contributed by atoms with van der Waals surface area (Å²) >= 11 is 0. The monoisotopic (exact) mass is 337 g/mol. The SMILES string of the molecule is CNS(=O)(=O)c1ccccc1N1CCN(C(=O)[C@@H]2C[C@H]2C)CC1. The lowest BCUT2D eigenvalue weighted by molar-refractivity contribution is -0.133. The van der Waals surface area contributed by atoms with Crippen LogP contribution in [0.4, 0.5) is 5.69 Å². The molecule has 1 aromatic rings. The zero-order chi connectivity index (χ0) is 16.6. The van der Waals surface area contributed by atoms with E-state index in [-0.39, 0.29) is 16.7 Å². The van der Waals surface area contributed by atoms with Gasteiger partial charge in [-0.2, -0.15) is 0 Å². The van der Waals surface area contributed by atoms with Crippen LogP contribution in [0.5, 0.6) is 0 Å². The Bertz CT molecular complexity index is 696. The van der Waals surface area contributed by atoms with Crippen LogP contribution in [0.25, 0.3) is 0 Å². The molecule has 1 aromatic carbocycles. The Kier molecular flexibility index (Phi) is 4.33. The van der Waals surface area contributed by atoms with Gasteiger partial charge in [0.25, 0.3) is 0 Å². The highest BCUT2D eigenvalue weighted by Gasteiger charge is 2.42. The Labute approximate surface area is 137 Å². The molecule has 2 fully saturated rings. The summed E-state index contributed by atoms with van der Waals surface area (Å²) in [4.78, 5) is 16.5. The second kappa shape index (κ2) is 6.13. The van der Waals surface area contributed by atoms with Crippen molar-refractivity contribution in [3.05, 3.63) is 24.3 Å². The molecule has 1 N–H and O–H groups in total. The Morgan fingerprint density at radius 1 is 1.17 bits per heavy atom. The lowest BCUT2D eigenvalue weighted by Crippen LogP contribution is -2.49. The van der Waals surface area contributed by atoms with E-state index in [1.165, 1.54) is 7.05 Å². The predicted octanol–water partition coefficient (Wildman–Crippen LogP) is 0.899. The molecular weight excluding hydrogens is 314 g/mol. The van der Waals surface area contributed by atoms with Gasteiger partial charge in [0.1, 0.15) is 4.90 Å². The van der Waals surface area contributed by atoms with Gasteiger partial charge < -0.3 is 9.80 Å². The van der Waals surface area contributed by atoms with Gasteiger partial charge in [-0.1, -0.05) is 19.1 Å². The van der Waals surface area contributed by atoms with Crippen LogP contribution in [0.3, 0.4) is 0 Å². The van der Waals surface area contributed by atoms with Crippen LogP contribution in [0.15, 0.2) is 29.2 Å². The molecule has 6 nitrogen and oxygen atoms in total. The van der Waals surface area contributed by atoms with Crippen LogP contribution < -0.4 is 9.62 Å². The average Bonchev–Trinajstić information content (AvgIpc) is 3.31. The highest BCUT2D eigenvalue weighted by molar-refractivity contribution is 7.89. The first-order valence-corrected chi connectivity index (χ1v) is 9.48. The summed E-state index contributed by atoms with van der Waals surface area (Å²) in [5.41, 5.74) is 0.703. The van der Waals surface area contributed by atoms with Gasteiger partial charge >= 0.3 is 0 Å². The predicted molar refractivity (Wildman–Crippen MR) is 88.8 cm³/mol. The van der Waals surface area contributed by atoms with E-state index >= 15 is 0 Å². The van der Waals surface area contributed by atoms with Crippen molar-refractivity contribution in [2.24, 2.45) is 11.8 Å². The largest absolute Gasteiger partial charge is 0.367 e. The van der Waals surface area contributed by atoms with E-state index in [9.17, 15) is 13.2 Å². The number of sulfonamides is 1. The quantitative estimate of drug-likeness (QED) is 0.886. The number of amides is 1. The number of carbonyl (C=O) groups excluding carboxylic acids is 1. The maximum absolute atomic E-state index is 12.3. The van der Waals surface area contributed by atoms with E-state index in [1.54, 1.807) is 12.1 Å². The third-order valence-electron chi connectivity index (χ3n) is 4.78. The number of anilines is 1. The lowest BCUT2D eigenvalue weighted by atomic mass is 10.2. The van der Waals surface area contributed by atoms with Crippen molar-refractivity contribution in [1.29, 1.82) is 0 Å². The molecule has 0 bridgehead atoms. The van der Waals surface area contributed by atoms with Crippen molar-refractivity contribution in [3.8, 4) is 0 Å². The maximum atomic E-state index is 12.3. The number of hydrogen-bond acceptors (Lipinski definition) is 4. The van der Waals surface area contributed by atoms with E-state index in [0.29, 0.717) is 37.8 Å². The molecular formula is C16H23N3O3S. The molecule has 3 rings (SSSR count). The van der Waals surface area contributed by atoms with Crippen molar-refractivity contribution in [1.82, 2.24) is 9.62 Å². The molecule has 7 heteroatoms. The normalized spacial score (nSPS) is 24.6. The number of rotatable bonds is 4. The summed E-state index contributed by atoms with van der Waals surface area (Å²) in [5.74, 6) is 0.980. The van der Waals surface area contributed by atoms with Gasteiger partial charge in [-0.05, 0) is 31.5 Å². The topological polar surface area (TPSA) is 69.7 Å². The van der Waals surface area contributed by atoms with Crippen LogP contribution in [0.2, 0.25) is 0 Å². The summed E-state index contributed by atoms with van der Waals surface area (Å²) < 4.78 is 26.7. The van der Waals surface area contributed by atoms with Crippen LogP contribution in [-0.4, -0.2) is 52.5 Å². The number of piperazine rings is 1. The Morgan fingerprint density at radius 3 is 2.35 bits per heavy atom. The second-order valence-corrected chi connectivity index (χ2v) is 8.16. The lowest BCUT2D eigenvalue weighted by Gasteiger charge is -2.37. The molecule has 1 aliphatic carbocycles. The molecule has 2 aliphatic rings. The molecule has 1 aliphatic heterocycles. The van der Waals surface area contributed by atoms with E-state index in [4.69, 9.17) is 0 Å². The van der Waals surface area contributed by atoms with Crippen LogP contribution in [0.1, 0.15) is 13.3 Å². The third-order valence-corrected chi connectivity index (χ3v) is 6.24. The summed E-state index contributed by atoms with van der Waals surface area (Å²) in [7, 11) is -2.07. The number of benzene rings is 1. The van der Waals surface area contributed by atoms with Crippen LogP contribution >= 0.6 is 0 Å². The minimum Gasteiger partial charge on any atom is -0.367 e. The first kappa shape index (κ1) is 16.3. The highest BCUT2D eigenvalue weighted by atomic mass is 32.2. The summed E-state index contributed by atoms with van der Waals surface area (Å²) in [6, 6.07) is 7.00. The van der Waals surface area contributed by atoms with Gasteiger partial charge in [-0.25, -0.2) is 13.1 Å². The number of nitrogens with one attached hydrogen (secondary N) is 1. The van der Waals surface area contributed by atoms with Gasteiger partial charge in [0.2, 0.25) is 15.9 Å². The number of carbonyl (C=O) groups is 1. The molecule has 0 aromatic heterocycles. The Balaban J connectivity index is 1.72. The molecule has 0 unspecified atom stereocenters. The number of para-hydroxylation sites is 1. The molecule has 1 heterocycles. The van der Waals surface area contributed by atoms with E-state index < -0.39 is 10.0 Å². The third kappa shape index (κ3) is 3.21. The van der Waals surface area contributed by atoms with Gasteiger partial charge in [0.05, 0.1) is 5.69 Å². The smallest absolute Gasteiger partial charge is 0.242 e. The number of nitrogens with zero attached hydrogens (tertiary/aromatic N) is 2. The first-order valence-electron chi connectivity index (χ1n) is 8.00. The minimum absolute atomic E-state index is 0.207. The zero-order valence-electron chi connectivity index (χ0n) is 13.5. The fourth-order valence-electron chi connectivity index (χ4n) is 3.12. The molecule has 23 heavy (non-hydrogen) atoms. The second-order valence-electron chi connectivity index (χ2n) is 6.31. The maximum Gasteiger partial charge on any atom is 0.242 e. The van der Waals surface area contributed by atoms with Gasteiger partial charge in [0, 0.05) is 32.1 Å². The standard InChI is InChI=1S/C16H23N3O3S/c1-12-11-13(12)16(20)19-9-7-18(8-10-19)14-5-3-4-6-15(14)23(21,22)17-2/h3-6,12-13,17H,7-11H2,1-2H3/t12-,13-/m1/s1. The van der Waals surface area contributed by atoms with Crippen LogP contribution in [-0.2, 0) is 14.8 Å². The molecule has 126 valence electrons. The minimum atomic E-state index is -3.49. The molecule has 1 saturated heterocycles. The van der Waals surface area contributed by atoms with Crippen molar-refractivity contribution >= 4 is 21.6 Å². The van der Waals surface area contributed by atoms with Crippen molar-refractivity contribution < 1.29 is 13.2 Å². The Hall–Kier alpha value is -1.60. The first-order chi connectivity index (χ1) is 10.9. The van der Waals surface area contributed by atoms with Gasteiger partial charge in [-0.3, -0.25) is 4.79 Å².